The van der Waals surface area contributed by atoms with Crippen LogP contribution in [0.2, 0.25) is 0 Å². The molecule has 1 amide bonds. The van der Waals surface area contributed by atoms with Gasteiger partial charge in [0.05, 0.1) is 0 Å². The minimum absolute atomic E-state index is 0.171. The first-order chi connectivity index (χ1) is 7.06. The lowest BCUT2D eigenvalue weighted by atomic mass is 10.0. The van der Waals surface area contributed by atoms with Gasteiger partial charge in [0.1, 0.15) is 11.6 Å². The molecule has 0 spiro atoms. The van der Waals surface area contributed by atoms with Crippen LogP contribution in [0.4, 0.5) is 4.79 Å². The van der Waals surface area contributed by atoms with Gasteiger partial charge in [0.2, 0.25) is 0 Å². The Morgan fingerprint density at radius 1 is 1.25 bits per heavy atom. The Labute approximate surface area is 96.4 Å². The zero-order valence-corrected chi connectivity index (χ0v) is 10.8. The maximum atomic E-state index is 11.6. The number of hydrogen-bond donors (Lipinski definition) is 1. The van der Waals surface area contributed by atoms with Gasteiger partial charge in [-0.05, 0) is 26.7 Å². The number of nitrogens with zero attached hydrogens (tertiary/aromatic N) is 1. The highest BCUT2D eigenvalue weighted by Crippen LogP contribution is 2.14. The monoisotopic (exact) mass is 231 g/mol. The lowest BCUT2D eigenvalue weighted by molar-refractivity contribution is -0.144. The quantitative estimate of drug-likeness (QED) is 0.806. The molecular weight excluding hydrogens is 210 g/mol. The van der Waals surface area contributed by atoms with E-state index in [1.54, 1.807) is 34.6 Å². The van der Waals surface area contributed by atoms with E-state index in [0.29, 0.717) is 0 Å². The van der Waals surface area contributed by atoms with E-state index in [2.05, 4.69) is 0 Å². The van der Waals surface area contributed by atoms with E-state index in [-0.39, 0.29) is 5.92 Å². The lowest BCUT2D eigenvalue weighted by Crippen LogP contribution is -2.47. The molecule has 0 aliphatic rings. The fraction of sp³-hybridized carbons (Fsp3) is 0.818. The average molecular weight is 231 g/mol. The van der Waals surface area contributed by atoms with Crippen LogP contribution >= 0.6 is 0 Å². The van der Waals surface area contributed by atoms with Crippen LogP contribution in [-0.4, -0.2) is 40.8 Å². The highest BCUT2D eigenvalue weighted by Gasteiger charge is 2.32. The second-order valence-electron chi connectivity index (χ2n) is 5.12. The average Bonchev–Trinajstić information content (AvgIpc) is 1.98. The second kappa shape index (κ2) is 5.18. The molecule has 5 heteroatoms. The summed E-state index contributed by atoms with van der Waals surface area (Å²) in [6.07, 6.45) is -0.617. The Kier molecular flexibility index (Phi) is 4.78. The smallest absolute Gasteiger partial charge is 0.410 e. The van der Waals surface area contributed by atoms with Crippen molar-refractivity contribution in [3.05, 3.63) is 0 Å². The summed E-state index contributed by atoms with van der Waals surface area (Å²) in [5.41, 5.74) is -0.620. The van der Waals surface area contributed by atoms with E-state index in [1.807, 2.05) is 0 Å². The molecular formula is C11H21NO4. The Bertz CT molecular complexity index is 268. The Morgan fingerprint density at radius 3 is 1.94 bits per heavy atom. The molecule has 0 aromatic heterocycles. The zero-order valence-electron chi connectivity index (χ0n) is 10.8. The van der Waals surface area contributed by atoms with E-state index < -0.39 is 23.7 Å². The van der Waals surface area contributed by atoms with Crippen molar-refractivity contribution < 1.29 is 19.4 Å². The molecule has 0 radical (unpaired) electrons. The number of carboxylic acids is 1. The number of ether oxygens (including phenoxy) is 1. The molecule has 16 heavy (non-hydrogen) atoms. The van der Waals surface area contributed by atoms with E-state index in [4.69, 9.17) is 9.84 Å². The first kappa shape index (κ1) is 14.7. The number of rotatable bonds is 3. The molecule has 94 valence electrons. The minimum atomic E-state index is -1.02. The summed E-state index contributed by atoms with van der Waals surface area (Å²) < 4.78 is 5.10. The molecule has 0 rings (SSSR count). The van der Waals surface area contributed by atoms with E-state index in [9.17, 15) is 9.59 Å². The molecule has 1 atom stereocenters. The van der Waals surface area contributed by atoms with Gasteiger partial charge in [-0.3, -0.25) is 4.90 Å². The SMILES string of the molecule is CC(C)C(C(=O)O)N(C)C(=O)OC(C)(C)C. The first-order valence-electron chi connectivity index (χ1n) is 5.25. The van der Waals surface area contributed by atoms with Gasteiger partial charge < -0.3 is 9.84 Å². The molecule has 0 bridgehead atoms. The standard InChI is InChI=1S/C11H21NO4/c1-7(2)8(9(13)14)12(6)10(15)16-11(3,4)5/h7-8H,1-6H3,(H,13,14). The molecule has 0 fully saturated rings. The van der Waals surface area contributed by atoms with Gasteiger partial charge >= 0.3 is 12.1 Å². The van der Waals surface area contributed by atoms with Crippen LogP contribution in [0.15, 0.2) is 0 Å². The third kappa shape index (κ3) is 4.51. The summed E-state index contributed by atoms with van der Waals surface area (Å²) in [5.74, 6) is -1.20. The molecule has 0 aliphatic carbocycles. The van der Waals surface area contributed by atoms with Crippen LogP contribution < -0.4 is 0 Å². The third-order valence-corrected chi connectivity index (χ3v) is 1.98. The number of carbonyl (C=O) groups excluding carboxylic acids is 1. The topological polar surface area (TPSA) is 66.8 Å². The van der Waals surface area contributed by atoms with Gasteiger partial charge in [-0.15, -0.1) is 0 Å². The Hall–Kier alpha value is -1.26. The summed E-state index contributed by atoms with van der Waals surface area (Å²) in [7, 11) is 1.44. The molecule has 0 saturated carbocycles. The van der Waals surface area contributed by atoms with Crippen molar-refractivity contribution in [1.29, 1.82) is 0 Å². The van der Waals surface area contributed by atoms with E-state index in [0.717, 1.165) is 4.90 Å². The van der Waals surface area contributed by atoms with Gasteiger partial charge in [0.25, 0.3) is 0 Å². The van der Waals surface area contributed by atoms with E-state index >= 15 is 0 Å². The van der Waals surface area contributed by atoms with E-state index in [1.165, 1.54) is 7.05 Å². The van der Waals surface area contributed by atoms with Gasteiger partial charge in [-0.2, -0.15) is 0 Å². The van der Waals surface area contributed by atoms with Crippen LogP contribution in [0.5, 0.6) is 0 Å². The summed E-state index contributed by atoms with van der Waals surface area (Å²) >= 11 is 0. The van der Waals surface area contributed by atoms with Crippen molar-refractivity contribution in [3.63, 3.8) is 0 Å². The number of carbonyl (C=O) groups is 2. The summed E-state index contributed by atoms with van der Waals surface area (Å²) in [5, 5.41) is 9.01. The van der Waals surface area contributed by atoms with Gasteiger partial charge in [0.15, 0.2) is 0 Å². The molecule has 5 nitrogen and oxygen atoms in total. The zero-order chi connectivity index (χ0) is 13.1. The molecule has 0 saturated heterocycles. The molecule has 1 unspecified atom stereocenters. The summed E-state index contributed by atoms with van der Waals surface area (Å²) in [4.78, 5) is 23.8. The third-order valence-electron chi connectivity index (χ3n) is 1.98. The fourth-order valence-corrected chi connectivity index (χ4v) is 1.35. The summed E-state index contributed by atoms with van der Waals surface area (Å²) in [6.45, 7) is 8.72. The number of likely N-dealkylation sites (N-methyl/N-ethyl adjacent to an activating group) is 1. The summed E-state index contributed by atoms with van der Waals surface area (Å²) in [6, 6.07) is -0.866. The number of aliphatic carboxylic acids is 1. The predicted molar refractivity (Wildman–Crippen MR) is 60.3 cm³/mol. The first-order valence-corrected chi connectivity index (χ1v) is 5.25. The van der Waals surface area contributed by atoms with Gasteiger partial charge in [0, 0.05) is 7.05 Å². The predicted octanol–water partition coefficient (Wildman–Crippen LogP) is 1.96. The molecule has 1 N–H and O–H groups in total. The van der Waals surface area contributed by atoms with Crippen molar-refractivity contribution in [2.24, 2.45) is 5.92 Å². The fourth-order valence-electron chi connectivity index (χ4n) is 1.35. The van der Waals surface area contributed by atoms with Crippen molar-refractivity contribution >= 4 is 12.1 Å². The Morgan fingerprint density at radius 2 is 1.69 bits per heavy atom. The van der Waals surface area contributed by atoms with Crippen LogP contribution in [0.1, 0.15) is 34.6 Å². The maximum Gasteiger partial charge on any atom is 0.410 e. The van der Waals surface area contributed by atoms with Crippen LogP contribution in [0.3, 0.4) is 0 Å². The number of hydrogen-bond acceptors (Lipinski definition) is 3. The Balaban J connectivity index is 4.69. The van der Waals surface area contributed by atoms with Crippen molar-refractivity contribution in [2.45, 2.75) is 46.3 Å². The lowest BCUT2D eigenvalue weighted by Gasteiger charge is -2.30. The van der Waals surface area contributed by atoms with Crippen molar-refractivity contribution in [2.75, 3.05) is 7.05 Å². The van der Waals surface area contributed by atoms with Crippen molar-refractivity contribution in [1.82, 2.24) is 4.90 Å². The molecule has 0 aromatic carbocycles. The van der Waals surface area contributed by atoms with Gasteiger partial charge in [-0.1, -0.05) is 13.8 Å². The largest absolute Gasteiger partial charge is 0.480 e. The minimum Gasteiger partial charge on any atom is -0.480 e. The normalized spacial score (nSPS) is 13.4. The van der Waals surface area contributed by atoms with Crippen LogP contribution in [0, 0.1) is 5.92 Å². The van der Waals surface area contributed by atoms with Crippen LogP contribution in [-0.2, 0) is 9.53 Å². The molecule has 0 aromatic rings. The second-order valence-corrected chi connectivity index (χ2v) is 5.12. The maximum absolute atomic E-state index is 11.6. The number of amides is 1. The van der Waals surface area contributed by atoms with Crippen molar-refractivity contribution in [3.8, 4) is 0 Å². The van der Waals surface area contributed by atoms with Gasteiger partial charge in [-0.25, -0.2) is 9.59 Å². The molecule has 0 heterocycles. The molecule has 0 aliphatic heterocycles. The highest BCUT2D eigenvalue weighted by molar-refractivity contribution is 5.80. The number of carboxylic acid groups (broad SMARTS) is 1. The van der Waals surface area contributed by atoms with Crippen LogP contribution in [0.25, 0.3) is 0 Å². The highest BCUT2D eigenvalue weighted by atomic mass is 16.6.